The van der Waals surface area contributed by atoms with Crippen LogP contribution in [-0.2, 0) is 6.42 Å². The van der Waals surface area contributed by atoms with Crippen molar-refractivity contribution in [2.75, 3.05) is 20.1 Å². The van der Waals surface area contributed by atoms with E-state index in [9.17, 15) is 0 Å². The van der Waals surface area contributed by atoms with Crippen LogP contribution in [0.4, 0.5) is 0 Å². The Hall–Kier alpha value is -2.08. The molecule has 0 spiro atoms. The predicted molar refractivity (Wildman–Crippen MR) is 97.3 cm³/mol. The van der Waals surface area contributed by atoms with E-state index in [1.165, 1.54) is 12.8 Å². The van der Waals surface area contributed by atoms with Gasteiger partial charge in [-0.3, -0.25) is 4.99 Å². The molecule has 7 heteroatoms. The molecule has 0 aliphatic carbocycles. The number of halogens is 1. The zero-order chi connectivity index (χ0) is 17.2. The Kier molecular flexibility index (Phi) is 7.55. The third kappa shape index (κ3) is 5.85. The predicted octanol–water partition coefficient (Wildman–Crippen LogP) is 3.29. The van der Waals surface area contributed by atoms with Crippen molar-refractivity contribution in [2.24, 2.45) is 4.99 Å². The number of hydrogen-bond acceptors (Lipinski definition) is 4. The lowest BCUT2D eigenvalue weighted by molar-refractivity contribution is 0.378. The Morgan fingerprint density at radius 3 is 2.83 bits per heavy atom. The minimum Gasteiger partial charge on any atom is -0.356 e. The molecule has 0 aliphatic heterocycles. The number of aliphatic imine (C=N–C) groups is 1. The molecule has 0 fully saturated rings. The lowest BCUT2D eigenvalue weighted by Gasteiger charge is -2.10. The Morgan fingerprint density at radius 2 is 2.08 bits per heavy atom. The number of hydrogen-bond donors (Lipinski definition) is 2. The fourth-order valence-electron chi connectivity index (χ4n) is 2.19. The molecular weight excluding hydrogens is 326 g/mol. The van der Waals surface area contributed by atoms with E-state index in [0.717, 1.165) is 24.5 Å². The van der Waals surface area contributed by atoms with Gasteiger partial charge >= 0.3 is 0 Å². The molecule has 0 atom stereocenters. The van der Waals surface area contributed by atoms with Crippen LogP contribution in [0.1, 0.15) is 32.1 Å². The Balaban J connectivity index is 1.78. The lowest BCUT2D eigenvalue weighted by atomic mass is 10.2. The smallest absolute Gasteiger partial charge is 0.228 e. The van der Waals surface area contributed by atoms with Crippen LogP contribution in [0.25, 0.3) is 11.4 Å². The Morgan fingerprint density at radius 1 is 1.25 bits per heavy atom. The third-order valence-electron chi connectivity index (χ3n) is 3.48. The van der Waals surface area contributed by atoms with Crippen LogP contribution in [0.15, 0.2) is 33.8 Å². The van der Waals surface area contributed by atoms with Crippen LogP contribution >= 0.6 is 11.6 Å². The highest BCUT2D eigenvalue weighted by atomic mass is 35.5. The van der Waals surface area contributed by atoms with Crippen molar-refractivity contribution in [2.45, 2.75) is 32.6 Å². The zero-order valence-corrected chi connectivity index (χ0v) is 14.9. The quantitative estimate of drug-likeness (QED) is 0.434. The summed E-state index contributed by atoms with van der Waals surface area (Å²) in [6.07, 6.45) is 4.20. The fraction of sp³-hybridized carbons (Fsp3) is 0.471. The summed E-state index contributed by atoms with van der Waals surface area (Å²) in [5.41, 5.74) is 0.846. The highest BCUT2D eigenvalue weighted by molar-refractivity contribution is 6.30. The van der Waals surface area contributed by atoms with E-state index in [0.29, 0.717) is 29.7 Å². The first-order valence-corrected chi connectivity index (χ1v) is 8.63. The highest BCUT2D eigenvalue weighted by Crippen LogP contribution is 2.19. The molecule has 0 bridgehead atoms. The average Bonchev–Trinajstić information content (AvgIpc) is 3.06. The van der Waals surface area contributed by atoms with Crippen molar-refractivity contribution in [3.8, 4) is 11.4 Å². The van der Waals surface area contributed by atoms with Gasteiger partial charge in [-0.2, -0.15) is 4.98 Å². The molecule has 1 aromatic carbocycles. The van der Waals surface area contributed by atoms with Crippen LogP contribution in [0.2, 0.25) is 5.02 Å². The summed E-state index contributed by atoms with van der Waals surface area (Å²) in [5, 5.41) is 11.2. The summed E-state index contributed by atoms with van der Waals surface area (Å²) in [4.78, 5) is 8.59. The molecule has 2 aromatic rings. The molecule has 0 saturated carbocycles. The minimum atomic E-state index is 0.551. The van der Waals surface area contributed by atoms with Crippen LogP contribution in [0.3, 0.4) is 0 Å². The standard InChI is InChI=1S/C17H24ClN5O/c1-3-4-5-10-20-17(19-2)21-11-9-15-22-16(23-24-15)13-7-6-8-14(18)12-13/h6-8,12H,3-5,9-11H2,1-2H3,(H2,19,20,21). The third-order valence-corrected chi connectivity index (χ3v) is 3.71. The van der Waals surface area contributed by atoms with Gasteiger partial charge in [-0.15, -0.1) is 0 Å². The van der Waals surface area contributed by atoms with Crippen molar-refractivity contribution in [1.82, 2.24) is 20.8 Å². The van der Waals surface area contributed by atoms with Gasteiger partial charge < -0.3 is 15.2 Å². The Labute approximate surface area is 147 Å². The molecule has 24 heavy (non-hydrogen) atoms. The van der Waals surface area contributed by atoms with Crippen molar-refractivity contribution >= 4 is 17.6 Å². The van der Waals surface area contributed by atoms with E-state index < -0.39 is 0 Å². The van der Waals surface area contributed by atoms with Gasteiger partial charge in [0.1, 0.15) is 0 Å². The number of guanidine groups is 1. The van der Waals surface area contributed by atoms with Crippen molar-refractivity contribution in [3.05, 3.63) is 35.2 Å². The van der Waals surface area contributed by atoms with E-state index in [1.54, 1.807) is 7.05 Å². The van der Waals surface area contributed by atoms with Gasteiger partial charge in [-0.1, -0.05) is 48.7 Å². The van der Waals surface area contributed by atoms with E-state index in [1.807, 2.05) is 24.3 Å². The number of unbranched alkanes of at least 4 members (excludes halogenated alkanes) is 2. The van der Waals surface area contributed by atoms with Crippen LogP contribution in [-0.4, -0.2) is 36.2 Å². The van der Waals surface area contributed by atoms with E-state index in [-0.39, 0.29) is 0 Å². The van der Waals surface area contributed by atoms with E-state index in [4.69, 9.17) is 16.1 Å². The minimum absolute atomic E-state index is 0.551. The van der Waals surface area contributed by atoms with Gasteiger partial charge in [0.15, 0.2) is 5.96 Å². The summed E-state index contributed by atoms with van der Waals surface area (Å²) >= 11 is 5.98. The first-order valence-electron chi connectivity index (χ1n) is 8.26. The number of benzene rings is 1. The molecule has 1 heterocycles. The number of aromatic nitrogens is 2. The van der Waals surface area contributed by atoms with E-state index >= 15 is 0 Å². The van der Waals surface area contributed by atoms with Crippen LogP contribution < -0.4 is 10.6 Å². The topological polar surface area (TPSA) is 75.3 Å². The normalized spacial score (nSPS) is 11.5. The summed E-state index contributed by atoms with van der Waals surface area (Å²) in [6.45, 7) is 3.78. The van der Waals surface area contributed by atoms with Gasteiger partial charge in [-0.05, 0) is 18.6 Å². The maximum Gasteiger partial charge on any atom is 0.228 e. The van der Waals surface area contributed by atoms with Gasteiger partial charge in [-0.25, -0.2) is 0 Å². The molecule has 0 amide bonds. The number of rotatable bonds is 8. The molecule has 0 radical (unpaired) electrons. The van der Waals surface area contributed by atoms with Gasteiger partial charge in [0.25, 0.3) is 0 Å². The summed E-state index contributed by atoms with van der Waals surface area (Å²) < 4.78 is 5.28. The lowest BCUT2D eigenvalue weighted by Crippen LogP contribution is -2.38. The summed E-state index contributed by atoms with van der Waals surface area (Å²) in [6, 6.07) is 7.40. The molecule has 0 saturated heterocycles. The molecule has 0 unspecified atom stereocenters. The van der Waals surface area contributed by atoms with Gasteiger partial charge in [0.05, 0.1) is 0 Å². The largest absolute Gasteiger partial charge is 0.356 e. The highest BCUT2D eigenvalue weighted by Gasteiger charge is 2.09. The second-order valence-electron chi connectivity index (χ2n) is 5.40. The Bertz CT molecular complexity index is 656. The van der Waals surface area contributed by atoms with Crippen LogP contribution in [0.5, 0.6) is 0 Å². The van der Waals surface area contributed by atoms with Crippen molar-refractivity contribution < 1.29 is 4.52 Å². The first kappa shape index (κ1) is 18.3. The van der Waals surface area contributed by atoms with Gasteiger partial charge in [0, 0.05) is 37.1 Å². The fourth-order valence-corrected chi connectivity index (χ4v) is 2.38. The molecule has 6 nitrogen and oxygen atoms in total. The molecule has 2 N–H and O–H groups in total. The second-order valence-corrected chi connectivity index (χ2v) is 5.84. The van der Waals surface area contributed by atoms with Crippen molar-refractivity contribution in [1.29, 1.82) is 0 Å². The molecule has 0 aliphatic rings. The summed E-state index contributed by atoms with van der Waals surface area (Å²) in [5.74, 6) is 1.93. The average molecular weight is 350 g/mol. The van der Waals surface area contributed by atoms with Crippen molar-refractivity contribution in [3.63, 3.8) is 0 Å². The maximum atomic E-state index is 5.98. The molecule has 130 valence electrons. The second kappa shape index (κ2) is 9.93. The van der Waals surface area contributed by atoms with Crippen LogP contribution in [0, 0.1) is 0 Å². The summed E-state index contributed by atoms with van der Waals surface area (Å²) in [7, 11) is 1.76. The number of nitrogens with one attached hydrogen (secondary N) is 2. The first-order chi connectivity index (χ1) is 11.7. The maximum absolute atomic E-state index is 5.98. The number of nitrogens with zero attached hydrogens (tertiary/aromatic N) is 3. The molecule has 1 aromatic heterocycles. The molecular formula is C17H24ClN5O. The van der Waals surface area contributed by atoms with E-state index in [2.05, 4.69) is 32.7 Å². The molecule has 2 rings (SSSR count). The zero-order valence-electron chi connectivity index (χ0n) is 14.2. The SMILES string of the molecule is CCCCCNC(=NC)NCCc1nc(-c2cccc(Cl)c2)no1. The monoisotopic (exact) mass is 349 g/mol. The van der Waals surface area contributed by atoms with Gasteiger partial charge in [0.2, 0.25) is 11.7 Å².